The van der Waals surface area contributed by atoms with Crippen LogP contribution in [0.2, 0.25) is 10.3 Å². The second-order valence-electron chi connectivity index (χ2n) is 2.81. The van der Waals surface area contributed by atoms with Crippen LogP contribution in [-0.2, 0) is 0 Å². The van der Waals surface area contributed by atoms with Crippen LogP contribution in [0.3, 0.4) is 0 Å². The smallest absolute Gasteiger partial charge is 0.138 e. The molecule has 14 heavy (non-hydrogen) atoms. The van der Waals surface area contributed by atoms with Crippen molar-refractivity contribution in [1.82, 2.24) is 10.3 Å². The van der Waals surface area contributed by atoms with Crippen LogP contribution in [-0.4, -0.2) is 18.6 Å². The molecule has 0 aliphatic carbocycles. The molecule has 76 valence electrons. The van der Waals surface area contributed by atoms with Crippen LogP contribution in [0.25, 0.3) is 6.08 Å². The number of halogens is 2. The summed E-state index contributed by atoms with van der Waals surface area (Å²) in [5, 5.41) is 3.92. The summed E-state index contributed by atoms with van der Waals surface area (Å²) >= 11 is 11.6. The Morgan fingerprint density at radius 1 is 1.43 bits per heavy atom. The van der Waals surface area contributed by atoms with E-state index in [1.165, 1.54) is 0 Å². The van der Waals surface area contributed by atoms with Gasteiger partial charge in [0.25, 0.3) is 0 Å². The molecule has 1 aromatic rings. The zero-order chi connectivity index (χ0) is 10.4. The first-order valence-corrected chi connectivity index (χ1v) is 5.13. The molecular formula is C10H12Cl2N2. The summed E-state index contributed by atoms with van der Waals surface area (Å²) in [6.45, 7) is 0.954. The molecular weight excluding hydrogens is 219 g/mol. The standard InChI is InChI=1S/C10H12Cl2N2/c1-13-7-3-2-4-8-5-6-9(11)14-10(8)12/h2,4-6,13H,3,7H2,1H3. The van der Waals surface area contributed by atoms with Gasteiger partial charge in [0, 0.05) is 5.56 Å². The fourth-order valence-corrected chi connectivity index (χ4v) is 1.39. The lowest BCUT2D eigenvalue weighted by Crippen LogP contribution is -2.05. The Bertz CT molecular complexity index is 324. The van der Waals surface area contributed by atoms with E-state index < -0.39 is 0 Å². The highest BCUT2D eigenvalue weighted by Crippen LogP contribution is 2.17. The van der Waals surface area contributed by atoms with Crippen LogP contribution < -0.4 is 5.32 Å². The topological polar surface area (TPSA) is 24.9 Å². The average molecular weight is 231 g/mol. The maximum Gasteiger partial charge on any atom is 0.138 e. The fraction of sp³-hybridized carbons (Fsp3) is 0.300. The van der Waals surface area contributed by atoms with Gasteiger partial charge in [-0.15, -0.1) is 0 Å². The predicted octanol–water partition coefficient (Wildman–Crippen LogP) is 3.01. The van der Waals surface area contributed by atoms with Gasteiger partial charge in [0.2, 0.25) is 0 Å². The molecule has 0 saturated heterocycles. The number of hydrogen-bond donors (Lipinski definition) is 1. The zero-order valence-electron chi connectivity index (χ0n) is 7.93. The van der Waals surface area contributed by atoms with Crippen molar-refractivity contribution in [3.63, 3.8) is 0 Å². The highest BCUT2D eigenvalue weighted by atomic mass is 35.5. The Hall–Kier alpha value is -0.570. The van der Waals surface area contributed by atoms with Crippen molar-refractivity contribution in [1.29, 1.82) is 0 Å². The van der Waals surface area contributed by atoms with Crippen LogP contribution in [0.4, 0.5) is 0 Å². The molecule has 0 radical (unpaired) electrons. The van der Waals surface area contributed by atoms with Gasteiger partial charge in [-0.1, -0.05) is 35.4 Å². The quantitative estimate of drug-likeness (QED) is 0.636. The largest absolute Gasteiger partial charge is 0.319 e. The lowest BCUT2D eigenvalue weighted by molar-refractivity contribution is 0.809. The van der Waals surface area contributed by atoms with Crippen LogP contribution >= 0.6 is 23.2 Å². The van der Waals surface area contributed by atoms with Crippen LogP contribution in [0.1, 0.15) is 12.0 Å². The van der Waals surface area contributed by atoms with Crippen molar-refractivity contribution in [3.05, 3.63) is 34.1 Å². The predicted molar refractivity (Wildman–Crippen MR) is 61.8 cm³/mol. The fourth-order valence-electron chi connectivity index (χ4n) is 0.985. The number of pyridine rings is 1. The molecule has 1 N–H and O–H groups in total. The van der Waals surface area contributed by atoms with Gasteiger partial charge in [-0.05, 0) is 32.1 Å². The van der Waals surface area contributed by atoms with Crippen molar-refractivity contribution in [2.45, 2.75) is 6.42 Å². The molecule has 0 spiro atoms. The van der Waals surface area contributed by atoms with Crippen molar-refractivity contribution < 1.29 is 0 Å². The minimum atomic E-state index is 0.419. The van der Waals surface area contributed by atoms with E-state index in [1.54, 1.807) is 6.07 Å². The molecule has 1 heterocycles. The summed E-state index contributed by atoms with van der Waals surface area (Å²) in [5.41, 5.74) is 0.896. The van der Waals surface area contributed by atoms with Gasteiger partial charge < -0.3 is 5.32 Å². The third-order valence-electron chi connectivity index (χ3n) is 1.70. The Morgan fingerprint density at radius 3 is 2.86 bits per heavy atom. The molecule has 0 amide bonds. The monoisotopic (exact) mass is 230 g/mol. The van der Waals surface area contributed by atoms with Crippen molar-refractivity contribution in [2.75, 3.05) is 13.6 Å². The number of aromatic nitrogens is 1. The van der Waals surface area contributed by atoms with Gasteiger partial charge in [-0.3, -0.25) is 0 Å². The first kappa shape index (κ1) is 11.5. The van der Waals surface area contributed by atoms with Gasteiger partial charge in [0.1, 0.15) is 10.3 Å². The Kier molecular flexibility index (Phi) is 4.94. The summed E-state index contributed by atoms with van der Waals surface area (Å²) in [4.78, 5) is 3.94. The second-order valence-corrected chi connectivity index (χ2v) is 3.55. The number of nitrogens with zero attached hydrogens (tertiary/aromatic N) is 1. The van der Waals surface area contributed by atoms with Crippen molar-refractivity contribution >= 4 is 29.3 Å². The van der Waals surface area contributed by atoms with Gasteiger partial charge in [-0.2, -0.15) is 0 Å². The molecule has 4 heteroatoms. The molecule has 2 nitrogen and oxygen atoms in total. The molecule has 1 aromatic heterocycles. The molecule has 1 rings (SSSR count). The van der Waals surface area contributed by atoms with Gasteiger partial charge in [-0.25, -0.2) is 4.98 Å². The Labute approximate surface area is 93.9 Å². The van der Waals surface area contributed by atoms with Gasteiger partial charge in [0.05, 0.1) is 0 Å². The minimum Gasteiger partial charge on any atom is -0.319 e. The highest BCUT2D eigenvalue weighted by molar-refractivity contribution is 6.33. The third-order valence-corrected chi connectivity index (χ3v) is 2.22. The van der Waals surface area contributed by atoms with Crippen LogP contribution in [0, 0.1) is 0 Å². The SMILES string of the molecule is CNCCC=Cc1ccc(Cl)nc1Cl. The molecule has 0 atom stereocenters. The van der Waals surface area contributed by atoms with E-state index in [0.29, 0.717) is 10.3 Å². The Balaban J connectivity index is 2.62. The summed E-state index contributed by atoms with van der Waals surface area (Å²) in [6, 6.07) is 3.58. The average Bonchev–Trinajstić information content (AvgIpc) is 2.15. The second kappa shape index (κ2) is 6.02. The summed E-state index contributed by atoms with van der Waals surface area (Å²) in [6.07, 6.45) is 4.96. The van der Waals surface area contributed by atoms with E-state index in [4.69, 9.17) is 23.2 Å². The molecule has 0 bridgehead atoms. The number of rotatable bonds is 4. The number of nitrogens with one attached hydrogen (secondary N) is 1. The van der Waals surface area contributed by atoms with Crippen LogP contribution in [0.15, 0.2) is 18.2 Å². The molecule has 0 aliphatic heterocycles. The number of hydrogen-bond acceptors (Lipinski definition) is 2. The van der Waals surface area contributed by atoms with E-state index in [-0.39, 0.29) is 0 Å². The van der Waals surface area contributed by atoms with Gasteiger partial charge in [0.15, 0.2) is 0 Å². The molecule has 0 aliphatic rings. The first-order chi connectivity index (χ1) is 6.74. The van der Waals surface area contributed by atoms with Crippen molar-refractivity contribution in [2.24, 2.45) is 0 Å². The van der Waals surface area contributed by atoms with E-state index in [2.05, 4.69) is 10.3 Å². The first-order valence-electron chi connectivity index (χ1n) is 4.37. The Morgan fingerprint density at radius 2 is 2.21 bits per heavy atom. The highest BCUT2D eigenvalue weighted by Gasteiger charge is 1.97. The summed E-state index contributed by atoms with van der Waals surface area (Å²) in [7, 11) is 1.92. The minimum absolute atomic E-state index is 0.419. The van der Waals surface area contributed by atoms with Gasteiger partial charge >= 0.3 is 0 Å². The van der Waals surface area contributed by atoms with Crippen LogP contribution in [0.5, 0.6) is 0 Å². The molecule has 0 aromatic carbocycles. The van der Waals surface area contributed by atoms with E-state index >= 15 is 0 Å². The summed E-state index contributed by atoms with van der Waals surface area (Å²) in [5.74, 6) is 0. The molecule has 0 fully saturated rings. The third kappa shape index (κ3) is 3.66. The summed E-state index contributed by atoms with van der Waals surface area (Å²) < 4.78 is 0. The molecule has 0 unspecified atom stereocenters. The van der Waals surface area contributed by atoms with Crippen molar-refractivity contribution in [3.8, 4) is 0 Å². The zero-order valence-corrected chi connectivity index (χ0v) is 9.44. The van der Waals surface area contributed by atoms with E-state index in [1.807, 2.05) is 25.3 Å². The molecule has 0 saturated carbocycles. The van der Waals surface area contributed by atoms with E-state index in [0.717, 1.165) is 18.5 Å². The maximum atomic E-state index is 5.88. The lowest BCUT2D eigenvalue weighted by Gasteiger charge is -1.97. The maximum absolute atomic E-state index is 5.88. The van der Waals surface area contributed by atoms with E-state index in [9.17, 15) is 0 Å². The normalized spacial score (nSPS) is 11.1. The lowest BCUT2D eigenvalue weighted by atomic mass is 10.2.